The Morgan fingerprint density at radius 2 is 1.96 bits per heavy atom. The van der Waals surface area contributed by atoms with Crippen molar-refractivity contribution in [2.24, 2.45) is 16.3 Å². The average molecular weight is 353 g/mol. The fourth-order valence-corrected chi connectivity index (χ4v) is 4.06. The first-order valence-corrected chi connectivity index (χ1v) is 10.4. The molecule has 1 aliphatic heterocycles. The standard InChI is InChI=1S/C20H40N4O/c1-4-21-19(23-17-20(10-6-11-20)12-16-25-3)22-13-7-18-8-14-24(5-2)15-9-18/h18H,4-17H2,1-3H3,(H2,21,22,23). The van der Waals surface area contributed by atoms with Gasteiger partial charge in [-0.25, -0.2) is 0 Å². The van der Waals surface area contributed by atoms with E-state index in [1.807, 2.05) is 0 Å². The maximum Gasteiger partial charge on any atom is 0.191 e. The third kappa shape index (κ3) is 6.78. The van der Waals surface area contributed by atoms with Crippen molar-refractivity contribution in [1.82, 2.24) is 15.5 Å². The van der Waals surface area contributed by atoms with Gasteiger partial charge in [-0.15, -0.1) is 0 Å². The van der Waals surface area contributed by atoms with Crippen molar-refractivity contribution in [2.45, 2.75) is 58.8 Å². The Morgan fingerprint density at radius 3 is 2.52 bits per heavy atom. The summed E-state index contributed by atoms with van der Waals surface area (Å²) in [6, 6.07) is 0. The smallest absolute Gasteiger partial charge is 0.191 e. The number of methoxy groups -OCH3 is 1. The van der Waals surface area contributed by atoms with Crippen LogP contribution < -0.4 is 10.6 Å². The zero-order valence-corrected chi connectivity index (χ0v) is 16.8. The van der Waals surface area contributed by atoms with Gasteiger partial charge in [-0.05, 0) is 76.4 Å². The molecule has 1 saturated carbocycles. The van der Waals surface area contributed by atoms with Gasteiger partial charge in [0.1, 0.15) is 0 Å². The summed E-state index contributed by atoms with van der Waals surface area (Å²) in [5.74, 6) is 1.87. The van der Waals surface area contributed by atoms with E-state index in [2.05, 4.69) is 29.4 Å². The molecule has 1 heterocycles. The zero-order chi connectivity index (χ0) is 18.0. The van der Waals surface area contributed by atoms with Gasteiger partial charge in [-0.3, -0.25) is 4.99 Å². The minimum atomic E-state index is 0.394. The van der Waals surface area contributed by atoms with E-state index >= 15 is 0 Å². The Labute approximate surface area is 155 Å². The number of nitrogens with one attached hydrogen (secondary N) is 2. The van der Waals surface area contributed by atoms with Gasteiger partial charge < -0.3 is 20.3 Å². The monoisotopic (exact) mass is 352 g/mol. The molecule has 1 aliphatic carbocycles. The van der Waals surface area contributed by atoms with Crippen LogP contribution in [-0.2, 0) is 4.74 Å². The maximum absolute atomic E-state index is 5.29. The quantitative estimate of drug-likeness (QED) is 0.469. The summed E-state index contributed by atoms with van der Waals surface area (Å²) in [6.07, 6.45) is 9.05. The van der Waals surface area contributed by atoms with Crippen molar-refractivity contribution in [2.75, 3.05) is 53.0 Å². The lowest BCUT2D eigenvalue weighted by Gasteiger charge is -2.40. The molecule has 0 bridgehead atoms. The molecule has 2 fully saturated rings. The van der Waals surface area contributed by atoms with Crippen molar-refractivity contribution in [3.63, 3.8) is 0 Å². The molecule has 5 heteroatoms. The van der Waals surface area contributed by atoms with Crippen molar-refractivity contribution in [3.8, 4) is 0 Å². The highest BCUT2D eigenvalue weighted by Crippen LogP contribution is 2.44. The van der Waals surface area contributed by atoms with Crippen LogP contribution in [0.15, 0.2) is 4.99 Å². The van der Waals surface area contributed by atoms with E-state index in [0.717, 1.165) is 44.5 Å². The molecule has 146 valence electrons. The van der Waals surface area contributed by atoms with Crippen LogP contribution in [0.5, 0.6) is 0 Å². The van der Waals surface area contributed by atoms with Gasteiger partial charge in [0.2, 0.25) is 0 Å². The Bertz CT molecular complexity index is 387. The summed E-state index contributed by atoms with van der Waals surface area (Å²) < 4.78 is 5.29. The molecule has 0 atom stereocenters. The normalized spacial score (nSPS) is 21.8. The molecular formula is C20H40N4O. The Morgan fingerprint density at radius 1 is 1.20 bits per heavy atom. The molecule has 0 aromatic rings. The fourth-order valence-electron chi connectivity index (χ4n) is 4.06. The van der Waals surface area contributed by atoms with Crippen LogP contribution in [0.25, 0.3) is 0 Å². The first-order chi connectivity index (χ1) is 12.2. The highest BCUT2D eigenvalue weighted by molar-refractivity contribution is 5.79. The molecule has 25 heavy (non-hydrogen) atoms. The molecule has 0 aromatic heterocycles. The number of hydrogen-bond acceptors (Lipinski definition) is 3. The lowest BCUT2D eigenvalue weighted by molar-refractivity contribution is 0.0778. The lowest BCUT2D eigenvalue weighted by atomic mass is 9.67. The van der Waals surface area contributed by atoms with E-state index in [1.54, 1.807) is 7.11 Å². The minimum Gasteiger partial charge on any atom is -0.385 e. The van der Waals surface area contributed by atoms with Crippen LogP contribution in [0.4, 0.5) is 0 Å². The number of hydrogen-bond donors (Lipinski definition) is 2. The number of likely N-dealkylation sites (tertiary alicyclic amines) is 1. The number of rotatable bonds is 10. The second kappa shape index (κ2) is 11.0. The van der Waals surface area contributed by atoms with E-state index < -0.39 is 0 Å². The molecule has 0 aromatic carbocycles. The summed E-state index contributed by atoms with van der Waals surface area (Å²) in [4.78, 5) is 7.46. The first kappa shape index (κ1) is 20.5. The number of guanidine groups is 1. The maximum atomic E-state index is 5.29. The van der Waals surface area contributed by atoms with Gasteiger partial charge >= 0.3 is 0 Å². The SMILES string of the molecule is CCNC(=NCC1(CCOC)CCC1)NCCC1CCN(CC)CC1. The summed E-state index contributed by atoms with van der Waals surface area (Å²) in [5, 5.41) is 6.98. The highest BCUT2D eigenvalue weighted by atomic mass is 16.5. The Kier molecular flexibility index (Phi) is 9.04. The van der Waals surface area contributed by atoms with Crippen LogP contribution in [0.2, 0.25) is 0 Å². The third-order valence-electron chi connectivity index (χ3n) is 6.17. The average Bonchev–Trinajstić information content (AvgIpc) is 2.61. The van der Waals surface area contributed by atoms with Crippen LogP contribution >= 0.6 is 0 Å². The molecule has 2 N–H and O–H groups in total. The number of ether oxygens (including phenoxy) is 1. The second-order valence-corrected chi connectivity index (χ2v) is 7.88. The van der Waals surface area contributed by atoms with Crippen LogP contribution in [0.3, 0.4) is 0 Å². The number of nitrogens with zero attached hydrogens (tertiary/aromatic N) is 2. The van der Waals surface area contributed by atoms with Crippen LogP contribution in [0.1, 0.15) is 58.8 Å². The van der Waals surface area contributed by atoms with Gasteiger partial charge in [-0.2, -0.15) is 0 Å². The second-order valence-electron chi connectivity index (χ2n) is 7.88. The molecule has 0 spiro atoms. The van der Waals surface area contributed by atoms with Gasteiger partial charge in [-0.1, -0.05) is 13.3 Å². The molecule has 1 saturated heterocycles. The van der Waals surface area contributed by atoms with Gasteiger partial charge in [0.05, 0.1) is 0 Å². The fraction of sp³-hybridized carbons (Fsp3) is 0.950. The van der Waals surface area contributed by atoms with E-state index in [9.17, 15) is 0 Å². The van der Waals surface area contributed by atoms with Crippen molar-refractivity contribution >= 4 is 5.96 Å². The molecule has 2 aliphatic rings. The van der Waals surface area contributed by atoms with E-state index in [1.165, 1.54) is 58.2 Å². The molecule has 0 radical (unpaired) electrons. The predicted molar refractivity (Wildman–Crippen MR) is 106 cm³/mol. The summed E-state index contributed by atoms with van der Waals surface area (Å²) in [6.45, 7) is 11.9. The number of piperidine rings is 1. The van der Waals surface area contributed by atoms with Crippen molar-refractivity contribution < 1.29 is 4.74 Å². The Hall–Kier alpha value is -0.810. The lowest BCUT2D eigenvalue weighted by Crippen LogP contribution is -2.41. The van der Waals surface area contributed by atoms with Crippen molar-refractivity contribution in [1.29, 1.82) is 0 Å². The predicted octanol–water partition coefficient (Wildman–Crippen LogP) is 2.87. The summed E-state index contributed by atoms with van der Waals surface area (Å²) in [7, 11) is 1.80. The molecular weight excluding hydrogens is 312 g/mol. The summed E-state index contributed by atoms with van der Waals surface area (Å²) >= 11 is 0. The molecule has 0 unspecified atom stereocenters. The number of aliphatic imine (C=N–C) groups is 1. The molecule has 0 amide bonds. The first-order valence-electron chi connectivity index (χ1n) is 10.4. The van der Waals surface area contributed by atoms with Gasteiger partial charge in [0.15, 0.2) is 5.96 Å². The topological polar surface area (TPSA) is 48.9 Å². The largest absolute Gasteiger partial charge is 0.385 e. The summed E-state index contributed by atoms with van der Waals surface area (Å²) in [5.41, 5.74) is 0.394. The highest BCUT2D eigenvalue weighted by Gasteiger charge is 2.36. The van der Waals surface area contributed by atoms with E-state index in [4.69, 9.17) is 9.73 Å². The molecule has 5 nitrogen and oxygen atoms in total. The Balaban J connectivity index is 1.72. The van der Waals surface area contributed by atoms with Gasteiger partial charge in [0.25, 0.3) is 0 Å². The third-order valence-corrected chi connectivity index (χ3v) is 6.17. The van der Waals surface area contributed by atoms with Crippen molar-refractivity contribution in [3.05, 3.63) is 0 Å². The van der Waals surface area contributed by atoms with E-state index in [-0.39, 0.29) is 0 Å². The van der Waals surface area contributed by atoms with E-state index in [0.29, 0.717) is 5.41 Å². The zero-order valence-electron chi connectivity index (χ0n) is 16.8. The van der Waals surface area contributed by atoms with Gasteiger partial charge in [0, 0.05) is 33.4 Å². The minimum absolute atomic E-state index is 0.394. The van der Waals surface area contributed by atoms with Crippen LogP contribution in [0, 0.1) is 11.3 Å². The molecule has 2 rings (SSSR count). The van der Waals surface area contributed by atoms with Crippen LogP contribution in [-0.4, -0.2) is 63.8 Å².